The Kier molecular flexibility index (Phi) is 4.69. The van der Waals surface area contributed by atoms with Gasteiger partial charge >= 0.3 is 5.97 Å². The summed E-state index contributed by atoms with van der Waals surface area (Å²) < 4.78 is 6.82. The number of ether oxygens (including phenoxy) is 1. The number of rotatable bonds is 3. The van der Waals surface area contributed by atoms with Gasteiger partial charge in [-0.3, -0.25) is 4.79 Å². The molecule has 0 saturated heterocycles. The van der Waals surface area contributed by atoms with Gasteiger partial charge < -0.3 is 19.7 Å². The highest BCUT2D eigenvalue weighted by molar-refractivity contribution is 8.02. The Hall–Kier alpha value is -2.81. The summed E-state index contributed by atoms with van der Waals surface area (Å²) in [6, 6.07) is 3.80. The molecule has 0 bridgehead atoms. The molecule has 2 N–H and O–H groups in total. The van der Waals surface area contributed by atoms with Crippen LogP contribution in [-0.2, 0) is 28.3 Å². The molecule has 0 aliphatic carbocycles. The van der Waals surface area contributed by atoms with Crippen LogP contribution in [-0.4, -0.2) is 26.7 Å². The minimum absolute atomic E-state index is 0.107. The number of pyridine rings is 2. The smallest absolute Gasteiger partial charge is 0.343 e. The monoisotopic (exact) mass is 495 g/mol. The molecule has 0 fully saturated rings. The zero-order chi connectivity index (χ0) is 23.9. The number of anilines is 1. The van der Waals surface area contributed by atoms with Crippen molar-refractivity contribution >= 4 is 52.0 Å². The van der Waals surface area contributed by atoms with Gasteiger partial charge in [-0.2, -0.15) is 0 Å². The molecule has 0 spiro atoms. The number of fused-ring (bicyclic) bond motifs is 5. The molecule has 0 unspecified atom stereocenters. The number of halogens is 1. The highest BCUT2D eigenvalue weighted by atomic mass is 35.5. The van der Waals surface area contributed by atoms with Crippen LogP contribution in [0, 0.1) is 0 Å². The van der Waals surface area contributed by atoms with E-state index in [9.17, 15) is 14.7 Å². The number of nitrogens with zero attached hydrogens (tertiary/aromatic N) is 2. The first kappa shape index (κ1) is 21.7. The highest BCUT2D eigenvalue weighted by Crippen LogP contribution is 2.48. The SMILES string of the molecule is CC[C@@]1(O)C(=O)OCc2c1cc1n(c2=O)Cc2c-1nc1cc(Cl)c(NC(C)C)c3c1c2C=CS3. The Labute approximate surface area is 204 Å². The first-order chi connectivity index (χ1) is 16.2. The van der Waals surface area contributed by atoms with Crippen molar-refractivity contribution in [2.45, 2.75) is 56.9 Å². The van der Waals surface area contributed by atoms with Crippen LogP contribution in [0.25, 0.3) is 28.4 Å². The van der Waals surface area contributed by atoms with Crippen LogP contribution >= 0.6 is 23.4 Å². The third-order valence-electron chi connectivity index (χ3n) is 6.78. The third-order valence-corrected chi connectivity index (χ3v) is 7.99. The summed E-state index contributed by atoms with van der Waals surface area (Å²) in [5.41, 5.74) is 3.35. The summed E-state index contributed by atoms with van der Waals surface area (Å²) in [5.74, 6) is -0.729. The summed E-state index contributed by atoms with van der Waals surface area (Å²) in [5, 5.41) is 18.2. The molecule has 0 radical (unpaired) electrons. The van der Waals surface area contributed by atoms with Gasteiger partial charge in [0.15, 0.2) is 5.60 Å². The van der Waals surface area contributed by atoms with Crippen molar-refractivity contribution in [3.05, 3.63) is 55.2 Å². The number of aromatic nitrogens is 2. The van der Waals surface area contributed by atoms with Crippen LogP contribution in [0.2, 0.25) is 5.02 Å². The minimum atomic E-state index is -1.85. The normalized spacial score (nSPS) is 19.8. The lowest BCUT2D eigenvalue weighted by molar-refractivity contribution is -0.172. The number of nitrogens with one attached hydrogen (secondary N) is 1. The minimum Gasteiger partial charge on any atom is -0.458 e. The third kappa shape index (κ3) is 2.79. The van der Waals surface area contributed by atoms with Gasteiger partial charge in [0.1, 0.15) is 6.61 Å². The van der Waals surface area contributed by atoms with Gasteiger partial charge in [-0.15, -0.1) is 0 Å². The molecule has 6 rings (SSSR count). The largest absolute Gasteiger partial charge is 0.458 e. The van der Waals surface area contributed by atoms with Crippen LogP contribution in [0.15, 0.2) is 27.2 Å². The van der Waals surface area contributed by atoms with Crippen LogP contribution in [0.5, 0.6) is 0 Å². The van der Waals surface area contributed by atoms with Crippen LogP contribution in [0.3, 0.4) is 0 Å². The molecule has 34 heavy (non-hydrogen) atoms. The number of carbonyl (C=O) groups excluding carboxylic acids is 1. The summed E-state index contributed by atoms with van der Waals surface area (Å²) in [6.45, 7) is 6.04. The number of aliphatic hydroxyl groups is 1. The summed E-state index contributed by atoms with van der Waals surface area (Å²) in [6.07, 6.45) is 2.16. The lowest BCUT2D eigenvalue weighted by Crippen LogP contribution is -2.44. The number of thioether (sulfide) groups is 1. The Balaban J connectivity index is 1.64. The fourth-order valence-corrected chi connectivity index (χ4v) is 6.37. The van der Waals surface area contributed by atoms with Crippen molar-refractivity contribution < 1.29 is 14.6 Å². The fourth-order valence-electron chi connectivity index (χ4n) is 5.11. The number of hydrogen-bond acceptors (Lipinski definition) is 7. The molecule has 5 heterocycles. The number of cyclic esters (lactones) is 1. The van der Waals surface area contributed by atoms with Gasteiger partial charge in [0.2, 0.25) is 0 Å². The molecular weight excluding hydrogens is 474 g/mol. The molecule has 2 aromatic heterocycles. The molecule has 1 atom stereocenters. The second kappa shape index (κ2) is 7.34. The molecule has 7 nitrogen and oxygen atoms in total. The van der Waals surface area contributed by atoms with E-state index >= 15 is 0 Å². The van der Waals surface area contributed by atoms with E-state index in [0.717, 1.165) is 32.6 Å². The maximum atomic E-state index is 13.5. The van der Waals surface area contributed by atoms with Crippen molar-refractivity contribution in [1.82, 2.24) is 9.55 Å². The van der Waals surface area contributed by atoms with Gasteiger partial charge in [0, 0.05) is 27.5 Å². The topological polar surface area (TPSA) is 93.5 Å². The first-order valence-corrected chi connectivity index (χ1v) is 12.5. The number of hydrogen-bond donors (Lipinski definition) is 2. The van der Waals surface area contributed by atoms with E-state index in [1.165, 1.54) is 0 Å². The van der Waals surface area contributed by atoms with E-state index in [4.69, 9.17) is 21.3 Å². The molecule has 174 valence electrons. The maximum Gasteiger partial charge on any atom is 0.343 e. The van der Waals surface area contributed by atoms with Gasteiger partial charge in [-0.25, -0.2) is 9.78 Å². The van der Waals surface area contributed by atoms with Crippen molar-refractivity contribution in [3.63, 3.8) is 0 Å². The maximum absolute atomic E-state index is 13.5. The Morgan fingerprint density at radius 1 is 1.32 bits per heavy atom. The molecule has 1 aromatic carbocycles. The quantitative estimate of drug-likeness (QED) is 0.400. The summed E-state index contributed by atoms with van der Waals surface area (Å²) >= 11 is 8.27. The lowest BCUT2D eigenvalue weighted by Gasteiger charge is -2.31. The Morgan fingerprint density at radius 3 is 2.85 bits per heavy atom. The zero-order valence-electron chi connectivity index (χ0n) is 18.9. The molecule has 0 amide bonds. The summed E-state index contributed by atoms with van der Waals surface area (Å²) in [7, 11) is 0. The molecular formula is C25H22ClN3O4S. The van der Waals surface area contributed by atoms with Crippen molar-refractivity contribution in [1.29, 1.82) is 0 Å². The van der Waals surface area contributed by atoms with Crippen molar-refractivity contribution in [2.75, 3.05) is 5.32 Å². The number of esters is 1. The fraction of sp³-hybridized carbons (Fsp3) is 0.320. The van der Waals surface area contributed by atoms with E-state index in [1.807, 2.05) is 11.5 Å². The van der Waals surface area contributed by atoms with E-state index in [0.29, 0.717) is 34.1 Å². The van der Waals surface area contributed by atoms with E-state index in [1.54, 1.807) is 29.3 Å². The lowest BCUT2D eigenvalue weighted by atomic mass is 9.86. The zero-order valence-corrected chi connectivity index (χ0v) is 20.4. The van der Waals surface area contributed by atoms with Crippen molar-refractivity contribution in [2.24, 2.45) is 0 Å². The Morgan fingerprint density at radius 2 is 2.12 bits per heavy atom. The number of carbonyl (C=O) groups is 1. The van der Waals surface area contributed by atoms with Gasteiger partial charge in [0.25, 0.3) is 5.56 Å². The van der Waals surface area contributed by atoms with E-state index in [-0.39, 0.29) is 24.6 Å². The second-order valence-electron chi connectivity index (χ2n) is 9.13. The van der Waals surface area contributed by atoms with Crippen LogP contribution < -0.4 is 10.9 Å². The van der Waals surface area contributed by atoms with Gasteiger partial charge in [-0.1, -0.05) is 30.3 Å². The Bertz CT molecular complexity index is 1530. The molecule has 0 saturated carbocycles. The van der Waals surface area contributed by atoms with Crippen LogP contribution in [0.4, 0.5) is 5.69 Å². The standard InChI is InChI=1S/C25H22ClN3O4S/c1-4-25(32)15-7-18-20-13(9-29(18)23(30)14(15)10-33-24(25)31)12-5-6-34-22-19(12)17(28-20)8-16(26)21(22)27-11(2)3/h5-8,11,27,32H,4,9-10H2,1-3H3/t25-/m0/s1. The molecule has 3 aliphatic rings. The second-order valence-corrected chi connectivity index (χ2v) is 10.5. The molecule has 3 aliphatic heterocycles. The highest BCUT2D eigenvalue weighted by Gasteiger charge is 2.45. The van der Waals surface area contributed by atoms with Crippen LogP contribution in [0.1, 0.15) is 49.4 Å². The number of benzene rings is 1. The predicted molar refractivity (Wildman–Crippen MR) is 133 cm³/mol. The molecule has 9 heteroatoms. The summed E-state index contributed by atoms with van der Waals surface area (Å²) in [4.78, 5) is 31.8. The van der Waals surface area contributed by atoms with Gasteiger partial charge in [0.05, 0.1) is 39.7 Å². The van der Waals surface area contributed by atoms with E-state index < -0.39 is 11.6 Å². The van der Waals surface area contributed by atoms with Crippen molar-refractivity contribution in [3.8, 4) is 11.4 Å². The average Bonchev–Trinajstić information content (AvgIpc) is 3.18. The predicted octanol–water partition coefficient (Wildman–Crippen LogP) is 4.63. The first-order valence-electron chi connectivity index (χ1n) is 11.2. The van der Waals surface area contributed by atoms with E-state index in [2.05, 4.69) is 25.2 Å². The average molecular weight is 496 g/mol. The van der Waals surface area contributed by atoms with Gasteiger partial charge in [-0.05, 0) is 49.4 Å². The molecule has 3 aromatic rings.